The molecule has 0 spiro atoms. The number of benzene rings is 1. The number of nitrogens with zero attached hydrogens (tertiary/aromatic N) is 5. The van der Waals surface area contributed by atoms with Gasteiger partial charge in [0.2, 0.25) is 6.79 Å². The van der Waals surface area contributed by atoms with Crippen LogP contribution in [0.3, 0.4) is 0 Å². The van der Waals surface area contributed by atoms with E-state index in [0.29, 0.717) is 6.79 Å². The number of aromatic nitrogens is 3. The molecule has 1 saturated heterocycles. The summed E-state index contributed by atoms with van der Waals surface area (Å²) in [7, 11) is 0. The Hall–Kier alpha value is -2.80. The second-order valence-electron chi connectivity index (χ2n) is 7.20. The Labute approximate surface area is 158 Å². The first-order valence-electron chi connectivity index (χ1n) is 9.36. The molecule has 0 N–H and O–H groups in total. The van der Waals surface area contributed by atoms with Crippen molar-refractivity contribution in [1.29, 1.82) is 0 Å². The molecule has 5 rings (SSSR count). The maximum absolute atomic E-state index is 5.50. The standard InChI is InChI=1S/C20H23N5O2/c1-14-15(2)22-19-5-6-21-25(19)20(14)24-9-7-23(8-10-24)12-16-3-4-17-18(11-16)27-13-26-17/h3-6,11H,7-10,12-13H2,1-2H3. The fourth-order valence-corrected chi connectivity index (χ4v) is 3.91. The normalized spacial score (nSPS) is 17.0. The summed E-state index contributed by atoms with van der Waals surface area (Å²) < 4.78 is 12.9. The molecule has 0 bridgehead atoms. The summed E-state index contributed by atoms with van der Waals surface area (Å²) in [4.78, 5) is 9.55. The lowest BCUT2D eigenvalue weighted by Gasteiger charge is -2.36. The minimum Gasteiger partial charge on any atom is -0.454 e. The van der Waals surface area contributed by atoms with Crippen molar-refractivity contribution in [2.45, 2.75) is 20.4 Å². The van der Waals surface area contributed by atoms with E-state index in [1.807, 2.05) is 22.8 Å². The molecule has 0 amide bonds. The third-order valence-electron chi connectivity index (χ3n) is 5.50. The highest BCUT2D eigenvalue weighted by molar-refractivity contribution is 5.56. The number of hydrogen-bond donors (Lipinski definition) is 0. The number of anilines is 1. The van der Waals surface area contributed by atoms with Gasteiger partial charge in [-0.2, -0.15) is 9.61 Å². The fourth-order valence-electron chi connectivity index (χ4n) is 3.91. The van der Waals surface area contributed by atoms with Crippen LogP contribution in [0.4, 0.5) is 5.82 Å². The van der Waals surface area contributed by atoms with Gasteiger partial charge in [0.25, 0.3) is 0 Å². The van der Waals surface area contributed by atoms with Crippen LogP contribution in [0.25, 0.3) is 5.65 Å². The first-order valence-corrected chi connectivity index (χ1v) is 9.36. The van der Waals surface area contributed by atoms with Gasteiger partial charge in [0.1, 0.15) is 5.82 Å². The first-order chi connectivity index (χ1) is 13.2. The summed E-state index contributed by atoms with van der Waals surface area (Å²) >= 11 is 0. The zero-order chi connectivity index (χ0) is 18.4. The molecule has 2 aromatic heterocycles. The van der Waals surface area contributed by atoms with Gasteiger partial charge in [-0.15, -0.1) is 0 Å². The highest BCUT2D eigenvalue weighted by Crippen LogP contribution is 2.33. The number of ether oxygens (including phenoxy) is 2. The fraction of sp³-hybridized carbons (Fsp3) is 0.400. The Morgan fingerprint density at radius 3 is 2.67 bits per heavy atom. The molecule has 0 atom stereocenters. The van der Waals surface area contributed by atoms with Crippen molar-refractivity contribution in [3.63, 3.8) is 0 Å². The van der Waals surface area contributed by atoms with Gasteiger partial charge in [0.05, 0.1) is 6.20 Å². The Morgan fingerprint density at radius 1 is 1.00 bits per heavy atom. The van der Waals surface area contributed by atoms with Crippen molar-refractivity contribution in [2.24, 2.45) is 0 Å². The Bertz CT molecular complexity index is 991. The molecule has 1 fully saturated rings. The summed E-state index contributed by atoms with van der Waals surface area (Å²) in [6.45, 7) is 9.43. The highest BCUT2D eigenvalue weighted by Gasteiger charge is 2.23. The Morgan fingerprint density at radius 2 is 1.81 bits per heavy atom. The molecular formula is C20H23N5O2. The molecule has 2 aliphatic heterocycles. The smallest absolute Gasteiger partial charge is 0.231 e. The van der Waals surface area contributed by atoms with Crippen molar-refractivity contribution in [2.75, 3.05) is 37.9 Å². The molecule has 4 heterocycles. The van der Waals surface area contributed by atoms with E-state index in [1.54, 1.807) is 0 Å². The van der Waals surface area contributed by atoms with Gasteiger partial charge in [-0.3, -0.25) is 4.90 Å². The minimum atomic E-state index is 0.323. The van der Waals surface area contributed by atoms with Crippen LogP contribution in [0, 0.1) is 13.8 Å². The quantitative estimate of drug-likeness (QED) is 0.710. The number of rotatable bonds is 3. The van der Waals surface area contributed by atoms with Crippen molar-refractivity contribution in [3.8, 4) is 11.5 Å². The van der Waals surface area contributed by atoms with Crippen molar-refractivity contribution in [3.05, 3.63) is 47.3 Å². The number of hydrogen-bond acceptors (Lipinski definition) is 6. The van der Waals surface area contributed by atoms with Crippen LogP contribution in [-0.2, 0) is 6.54 Å². The van der Waals surface area contributed by atoms with Crippen molar-refractivity contribution >= 4 is 11.5 Å². The van der Waals surface area contributed by atoms with E-state index in [4.69, 9.17) is 9.47 Å². The van der Waals surface area contributed by atoms with Gasteiger partial charge in [-0.1, -0.05) is 6.07 Å². The van der Waals surface area contributed by atoms with Crippen molar-refractivity contribution < 1.29 is 9.47 Å². The lowest BCUT2D eigenvalue weighted by Crippen LogP contribution is -2.47. The molecule has 2 aliphatic rings. The van der Waals surface area contributed by atoms with Gasteiger partial charge >= 0.3 is 0 Å². The van der Waals surface area contributed by atoms with Gasteiger partial charge in [0.15, 0.2) is 17.1 Å². The predicted molar refractivity (Wildman–Crippen MR) is 103 cm³/mol. The molecular weight excluding hydrogens is 342 g/mol. The van der Waals surface area contributed by atoms with Gasteiger partial charge in [-0.25, -0.2) is 4.98 Å². The van der Waals surface area contributed by atoms with E-state index in [-0.39, 0.29) is 0 Å². The number of fused-ring (bicyclic) bond motifs is 2. The van der Waals surface area contributed by atoms with E-state index >= 15 is 0 Å². The van der Waals surface area contributed by atoms with Crippen LogP contribution in [-0.4, -0.2) is 52.5 Å². The maximum atomic E-state index is 5.50. The largest absolute Gasteiger partial charge is 0.454 e. The molecule has 7 heteroatoms. The van der Waals surface area contributed by atoms with Crippen LogP contribution >= 0.6 is 0 Å². The molecule has 3 aromatic rings. The van der Waals surface area contributed by atoms with Crippen LogP contribution < -0.4 is 14.4 Å². The third-order valence-corrected chi connectivity index (χ3v) is 5.50. The average Bonchev–Trinajstić information content (AvgIpc) is 3.32. The molecule has 0 saturated carbocycles. The molecule has 140 valence electrons. The van der Waals surface area contributed by atoms with E-state index in [2.05, 4.69) is 45.9 Å². The van der Waals surface area contributed by atoms with Crippen LogP contribution in [0.1, 0.15) is 16.8 Å². The summed E-state index contributed by atoms with van der Waals surface area (Å²) in [5.41, 5.74) is 4.45. The SMILES string of the molecule is Cc1nc2ccnn2c(N2CCN(Cc3ccc4c(c3)OCO4)CC2)c1C. The van der Waals surface area contributed by atoms with E-state index in [9.17, 15) is 0 Å². The van der Waals surface area contributed by atoms with E-state index < -0.39 is 0 Å². The maximum Gasteiger partial charge on any atom is 0.231 e. The second kappa shape index (κ2) is 6.42. The summed E-state index contributed by atoms with van der Waals surface area (Å²) in [6, 6.07) is 8.19. The first kappa shape index (κ1) is 16.4. The summed E-state index contributed by atoms with van der Waals surface area (Å²) in [5.74, 6) is 2.87. The minimum absolute atomic E-state index is 0.323. The van der Waals surface area contributed by atoms with E-state index in [0.717, 1.165) is 55.6 Å². The molecule has 1 aromatic carbocycles. The molecule has 27 heavy (non-hydrogen) atoms. The van der Waals surface area contributed by atoms with Gasteiger partial charge in [0, 0.05) is 50.0 Å². The number of aryl methyl sites for hydroxylation is 1. The lowest BCUT2D eigenvalue weighted by atomic mass is 10.1. The Balaban J connectivity index is 1.31. The lowest BCUT2D eigenvalue weighted by molar-refractivity contribution is 0.174. The molecule has 7 nitrogen and oxygen atoms in total. The summed E-state index contributed by atoms with van der Waals surface area (Å²) in [5, 5.41) is 4.49. The van der Waals surface area contributed by atoms with Crippen LogP contribution in [0.5, 0.6) is 11.5 Å². The molecule has 0 unspecified atom stereocenters. The molecule has 0 radical (unpaired) electrons. The zero-order valence-electron chi connectivity index (χ0n) is 15.7. The topological polar surface area (TPSA) is 55.1 Å². The zero-order valence-corrected chi connectivity index (χ0v) is 15.7. The number of piperazine rings is 1. The Kier molecular flexibility index (Phi) is 3.89. The average molecular weight is 365 g/mol. The van der Waals surface area contributed by atoms with Crippen LogP contribution in [0.15, 0.2) is 30.5 Å². The van der Waals surface area contributed by atoms with E-state index in [1.165, 1.54) is 16.9 Å². The third kappa shape index (κ3) is 2.88. The van der Waals surface area contributed by atoms with Crippen LogP contribution in [0.2, 0.25) is 0 Å². The second-order valence-corrected chi connectivity index (χ2v) is 7.20. The monoisotopic (exact) mass is 365 g/mol. The van der Waals surface area contributed by atoms with Gasteiger partial charge < -0.3 is 14.4 Å². The summed E-state index contributed by atoms with van der Waals surface area (Å²) in [6.07, 6.45) is 1.82. The van der Waals surface area contributed by atoms with Gasteiger partial charge in [-0.05, 0) is 31.5 Å². The molecule has 0 aliphatic carbocycles. The van der Waals surface area contributed by atoms with Crippen molar-refractivity contribution in [1.82, 2.24) is 19.5 Å². The predicted octanol–water partition coefficient (Wildman–Crippen LogP) is 2.40. The highest BCUT2D eigenvalue weighted by atomic mass is 16.7.